The number of ether oxygens (including phenoxy) is 1. The van der Waals surface area contributed by atoms with Gasteiger partial charge in [-0.1, -0.05) is 19.8 Å². The summed E-state index contributed by atoms with van der Waals surface area (Å²) in [6.45, 7) is 5.25. The molecular weight excluding hydrogens is 260 g/mol. The van der Waals surface area contributed by atoms with Crippen LogP contribution in [0.4, 0.5) is 0 Å². The molecule has 1 heterocycles. The molecule has 2 rings (SSSR count). The van der Waals surface area contributed by atoms with Gasteiger partial charge in [0.1, 0.15) is 0 Å². The minimum Gasteiger partial charge on any atom is -0.461 e. The first kappa shape index (κ1) is 14.5. The predicted molar refractivity (Wildman–Crippen MR) is 76.3 cm³/mol. The van der Waals surface area contributed by atoms with E-state index in [-0.39, 0.29) is 5.97 Å². The number of carbonyl (C=O) groups excluding carboxylic acids is 1. The van der Waals surface area contributed by atoms with E-state index in [9.17, 15) is 4.79 Å². The van der Waals surface area contributed by atoms with Crippen LogP contribution in [-0.4, -0.2) is 23.6 Å². The van der Waals surface area contributed by atoms with Crippen LogP contribution in [0.25, 0.3) is 0 Å². The molecule has 1 aromatic heterocycles. The van der Waals surface area contributed by atoms with Crippen molar-refractivity contribution in [3.8, 4) is 0 Å². The fourth-order valence-electron chi connectivity index (χ4n) is 2.53. The van der Waals surface area contributed by atoms with Gasteiger partial charge in [0.15, 0.2) is 0 Å². The molecule has 0 spiro atoms. The molecule has 1 fully saturated rings. The molecular formula is C14H22N2O2S. The van der Waals surface area contributed by atoms with Crippen LogP contribution < -0.4 is 5.32 Å². The van der Waals surface area contributed by atoms with Crippen LogP contribution in [0, 0.1) is 5.92 Å². The molecule has 1 aromatic rings. The number of rotatable bonds is 5. The summed E-state index contributed by atoms with van der Waals surface area (Å²) < 4.78 is 4.94. The molecule has 19 heavy (non-hydrogen) atoms. The lowest BCUT2D eigenvalue weighted by Crippen LogP contribution is -2.36. The van der Waals surface area contributed by atoms with Crippen molar-refractivity contribution in [3.05, 3.63) is 16.1 Å². The molecule has 0 bridgehead atoms. The second-order valence-corrected chi connectivity index (χ2v) is 5.97. The van der Waals surface area contributed by atoms with Gasteiger partial charge in [-0.2, -0.15) is 0 Å². The first-order chi connectivity index (χ1) is 9.20. The largest absolute Gasteiger partial charge is 0.461 e. The molecule has 0 amide bonds. The Morgan fingerprint density at radius 1 is 1.53 bits per heavy atom. The van der Waals surface area contributed by atoms with Crippen LogP contribution in [0.15, 0.2) is 5.38 Å². The fourth-order valence-corrected chi connectivity index (χ4v) is 3.24. The van der Waals surface area contributed by atoms with Gasteiger partial charge in [-0.25, -0.2) is 9.78 Å². The molecule has 1 N–H and O–H groups in total. The zero-order chi connectivity index (χ0) is 13.7. The van der Waals surface area contributed by atoms with Gasteiger partial charge in [-0.3, -0.25) is 0 Å². The average Bonchev–Trinajstić information content (AvgIpc) is 2.87. The number of thiazole rings is 1. The van der Waals surface area contributed by atoms with Crippen LogP contribution >= 0.6 is 11.3 Å². The molecule has 1 saturated carbocycles. The van der Waals surface area contributed by atoms with Gasteiger partial charge in [0.05, 0.1) is 12.3 Å². The zero-order valence-corrected chi connectivity index (χ0v) is 12.5. The van der Waals surface area contributed by atoms with E-state index in [0.29, 0.717) is 17.7 Å². The van der Waals surface area contributed by atoms with Crippen LogP contribution in [0.1, 0.15) is 55.0 Å². The third kappa shape index (κ3) is 4.01. The normalized spacial score (nSPS) is 23.3. The van der Waals surface area contributed by atoms with Gasteiger partial charge in [0.2, 0.25) is 5.01 Å². The molecule has 1 aliphatic rings. The predicted octanol–water partition coefficient (Wildman–Crippen LogP) is 2.99. The Labute approximate surface area is 118 Å². The number of esters is 1. The number of aromatic nitrogens is 1. The lowest BCUT2D eigenvalue weighted by atomic mass is 9.86. The number of carbonyl (C=O) groups is 1. The molecule has 2 atom stereocenters. The fraction of sp³-hybridized carbons (Fsp3) is 0.714. The number of nitrogens with zero attached hydrogens (tertiary/aromatic N) is 1. The summed E-state index contributed by atoms with van der Waals surface area (Å²) in [5.41, 5.74) is 0.936. The highest BCUT2D eigenvalue weighted by atomic mass is 32.1. The Hall–Kier alpha value is -0.940. The Kier molecular flexibility index (Phi) is 5.34. The first-order valence-corrected chi connectivity index (χ1v) is 7.93. The van der Waals surface area contributed by atoms with Gasteiger partial charge in [0.25, 0.3) is 0 Å². The maximum atomic E-state index is 11.5. The van der Waals surface area contributed by atoms with E-state index in [2.05, 4.69) is 17.2 Å². The second kappa shape index (κ2) is 7.01. The highest BCUT2D eigenvalue weighted by Crippen LogP contribution is 2.24. The van der Waals surface area contributed by atoms with Crippen LogP contribution in [0.2, 0.25) is 0 Å². The summed E-state index contributed by atoms with van der Waals surface area (Å²) in [5.74, 6) is 0.418. The third-order valence-corrected chi connectivity index (χ3v) is 4.53. The maximum Gasteiger partial charge on any atom is 0.367 e. The maximum absolute atomic E-state index is 11.5. The average molecular weight is 282 g/mol. The summed E-state index contributed by atoms with van der Waals surface area (Å²) in [7, 11) is 0. The number of nitrogens with one attached hydrogen (secondary N) is 1. The zero-order valence-electron chi connectivity index (χ0n) is 11.6. The van der Waals surface area contributed by atoms with E-state index >= 15 is 0 Å². The lowest BCUT2D eigenvalue weighted by molar-refractivity contribution is 0.0525. The monoisotopic (exact) mass is 282 g/mol. The number of hydrogen-bond acceptors (Lipinski definition) is 5. The Balaban J connectivity index is 1.84. The lowest BCUT2D eigenvalue weighted by Gasteiger charge is -2.29. The van der Waals surface area contributed by atoms with Crippen molar-refractivity contribution in [2.45, 2.75) is 52.1 Å². The Morgan fingerprint density at radius 3 is 3.05 bits per heavy atom. The summed E-state index contributed by atoms with van der Waals surface area (Å²) in [6, 6.07) is 0.585. The molecule has 0 aromatic carbocycles. The second-order valence-electron chi connectivity index (χ2n) is 5.11. The summed E-state index contributed by atoms with van der Waals surface area (Å²) in [5, 5.41) is 5.96. The van der Waals surface area contributed by atoms with Gasteiger partial charge < -0.3 is 10.1 Å². The third-order valence-electron chi connectivity index (χ3n) is 3.66. The van der Waals surface area contributed by atoms with Crippen molar-refractivity contribution in [2.24, 2.45) is 5.92 Å². The standard InChI is InChI=1S/C14H22N2O2S/c1-3-18-14(17)13-16-11(9-19-13)8-15-12-7-5-4-6-10(12)2/h9-10,12,15H,3-8H2,1-2H3/t10-,12+/m0/s1. The van der Waals surface area contributed by atoms with Crippen molar-refractivity contribution in [1.29, 1.82) is 0 Å². The Bertz CT molecular complexity index is 419. The van der Waals surface area contributed by atoms with Crippen molar-refractivity contribution in [3.63, 3.8) is 0 Å². The van der Waals surface area contributed by atoms with Gasteiger partial charge in [-0.05, 0) is 25.7 Å². The number of hydrogen-bond donors (Lipinski definition) is 1. The minimum atomic E-state index is -0.315. The SMILES string of the molecule is CCOC(=O)c1nc(CN[C@@H]2CCCC[C@@H]2C)cs1. The molecule has 0 radical (unpaired) electrons. The Morgan fingerprint density at radius 2 is 2.32 bits per heavy atom. The minimum absolute atomic E-state index is 0.315. The van der Waals surface area contributed by atoms with Crippen LogP contribution in [0.3, 0.4) is 0 Å². The van der Waals surface area contributed by atoms with Gasteiger partial charge in [0, 0.05) is 18.0 Å². The smallest absolute Gasteiger partial charge is 0.367 e. The van der Waals surface area contributed by atoms with E-state index in [4.69, 9.17) is 4.74 Å². The molecule has 0 aliphatic heterocycles. The quantitative estimate of drug-likeness (QED) is 0.844. The summed E-state index contributed by atoms with van der Waals surface area (Å²) >= 11 is 1.36. The van der Waals surface area contributed by atoms with E-state index in [1.54, 1.807) is 6.92 Å². The summed E-state index contributed by atoms with van der Waals surface area (Å²) in [4.78, 5) is 15.8. The molecule has 106 valence electrons. The van der Waals surface area contributed by atoms with Gasteiger partial charge >= 0.3 is 5.97 Å². The van der Waals surface area contributed by atoms with Crippen molar-refractivity contribution in [2.75, 3.05) is 6.61 Å². The van der Waals surface area contributed by atoms with E-state index in [0.717, 1.165) is 18.2 Å². The highest BCUT2D eigenvalue weighted by molar-refractivity contribution is 7.11. The molecule has 0 unspecified atom stereocenters. The van der Waals surface area contributed by atoms with Crippen LogP contribution in [0.5, 0.6) is 0 Å². The first-order valence-electron chi connectivity index (χ1n) is 7.05. The molecule has 4 nitrogen and oxygen atoms in total. The van der Waals surface area contributed by atoms with Crippen molar-refractivity contribution >= 4 is 17.3 Å². The topological polar surface area (TPSA) is 51.2 Å². The van der Waals surface area contributed by atoms with E-state index in [1.807, 2.05) is 5.38 Å². The van der Waals surface area contributed by atoms with E-state index in [1.165, 1.54) is 37.0 Å². The molecule has 5 heteroatoms. The van der Waals surface area contributed by atoms with Crippen molar-refractivity contribution in [1.82, 2.24) is 10.3 Å². The summed E-state index contributed by atoms with van der Waals surface area (Å²) in [6.07, 6.45) is 5.22. The highest BCUT2D eigenvalue weighted by Gasteiger charge is 2.21. The molecule has 0 saturated heterocycles. The van der Waals surface area contributed by atoms with Gasteiger partial charge in [-0.15, -0.1) is 11.3 Å². The van der Waals surface area contributed by atoms with E-state index < -0.39 is 0 Å². The van der Waals surface area contributed by atoms with Crippen LogP contribution in [-0.2, 0) is 11.3 Å². The molecule has 1 aliphatic carbocycles. The van der Waals surface area contributed by atoms with Crippen molar-refractivity contribution < 1.29 is 9.53 Å².